The van der Waals surface area contributed by atoms with Gasteiger partial charge in [-0.1, -0.05) is 13.8 Å². The summed E-state index contributed by atoms with van der Waals surface area (Å²) in [5.41, 5.74) is 0. The van der Waals surface area contributed by atoms with Gasteiger partial charge in [0.05, 0.1) is 6.10 Å². The quantitative estimate of drug-likeness (QED) is 0.696. The topological polar surface area (TPSA) is 44.7 Å². The summed E-state index contributed by atoms with van der Waals surface area (Å²) in [6.45, 7) is 7.31. The van der Waals surface area contributed by atoms with Crippen LogP contribution >= 0.6 is 0 Å². The molecular formula is C12H26N2O2. The molecule has 1 rings (SSSR count). The van der Waals surface area contributed by atoms with Crippen molar-refractivity contribution in [3.63, 3.8) is 0 Å². The molecular weight excluding hydrogens is 204 g/mol. The van der Waals surface area contributed by atoms with Gasteiger partial charge in [-0.2, -0.15) is 0 Å². The number of likely N-dealkylation sites (N-methyl/N-ethyl adjacent to an activating group) is 1. The van der Waals surface area contributed by atoms with Crippen LogP contribution in [0.15, 0.2) is 0 Å². The molecule has 1 aliphatic rings. The summed E-state index contributed by atoms with van der Waals surface area (Å²) < 4.78 is 5.33. The zero-order chi connectivity index (χ0) is 12.0. The molecule has 96 valence electrons. The van der Waals surface area contributed by atoms with Gasteiger partial charge in [-0.05, 0) is 19.9 Å². The minimum Gasteiger partial charge on any atom is -0.390 e. The fourth-order valence-electron chi connectivity index (χ4n) is 2.04. The molecule has 1 saturated heterocycles. The molecule has 0 aromatic carbocycles. The maximum Gasteiger partial charge on any atom is 0.0791 e. The summed E-state index contributed by atoms with van der Waals surface area (Å²) in [6.07, 6.45) is 1.89. The van der Waals surface area contributed by atoms with E-state index >= 15 is 0 Å². The van der Waals surface area contributed by atoms with E-state index < -0.39 is 0 Å². The lowest BCUT2D eigenvalue weighted by atomic mass is 10.1. The SMILES string of the molecule is CC(C)NCC(O)CN(C)C1CCOCC1. The highest BCUT2D eigenvalue weighted by Crippen LogP contribution is 2.12. The standard InChI is InChI=1S/C12H26N2O2/c1-10(2)13-8-12(15)9-14(3)11-4-6-16-7-5-11/h10-13,15H,4-9H2,1-3H3. The molecule has 0 amide bonds. The molecule has 4 heteroatoms. The molecule has 4 nitrogen and oxygen atoms in total. The molecule has 1 unspecified atom stereocenters. The van der Waals surface area contributed by atoms with Gasteiger partial charge in [0.25, 0.3) is 0 Å². The van der Waals surface area contributed by atoms with Gasteiger partial charge in [0.15, 0.2) is 0 Å². The van der Waals surface area contributed by atoms with Crippen LogP contribution in [0.2, 0.25) is 0 Å². The third-order valence-electron chi connectivity index (χ3n) is 3.07. The summed E-state index contributed by atoms with van der Waals surface area (Å²) in [4.78, 5) is 2.26. The molecule has 0 aromatic heterocycles. The van der Waals surface area contributed by atoms with Crippen molar-refractivity contribution in [1.29, 1.82) is 0 Å². The van der Waals surface area contributed by atoms with Crippen LogP contribution < -0.4 is 5.32 Å². The number of aliphatic hydroxyl groups excluding tert-OH is 1. The van der Waals surface area contributed by atoms with Crippen LogP contribution in [0.25, 0.3) is 0 Å². The van der Waals surface area contributed by atoms with Crippen LogP contribution in [0.4, 0.5) is 0 Å². The zero-order valence-corrected chi connectivity index (χ0v) is 10.8. The van der Waals surface area contributed by atoms with E-state index in [0.717, 1.165) is 32.6 Å². The van der Waals surface area contributed by atoms with Crippen molar-refractivity contribution in [3.05, 3.63) is 0 Å². The predicted octanol–water partition coefficient (Wildman–Crippen LogP) is 0.456. The number of hydrogen-bond donors (Lipinski definition) is 2. The number of nitrogens with zero attached hydrogens (tertiary/aromatic N) is 1. The molecule has 0 aliphatic carbocycles. The summed E-state index contributed by atoms with van der Waals surface area (Å²) in [6, 6.07) is 1.01. The normalized spacial score (nSPS) is 20.6. The van der Waals surface area contributed by atoms with Crippen molar-refractivity contribution in [2.75, 3.05) is 33.4 Å². The molecule has 1 aliphatic heterocycles. The van der Waals surface area contributed by atoms with Crippen molar-refractivity contribution >= 4 is 0 Å². The van der Waals surface area contributed by atoms with Gasteiger partial charge in [-0.3, -0.25) is 0 Å². The van der Waals surface area contributed by atoms with E-state index in [1.54, 1.807) is 0 Å². The van der Waals surface area contributed by atoms with Crippen molar-refractivity contribution in [2.45, 2.75) is 44.9 Å². The van der Waals surface area contributed by atoms with Crippen molar-refractivity contribution in [1.82, 2.24) is 10.2 Å². The number of nitrogens with one attached hydrogen (secondary N) is 1. The van der Waals surface area contributed by atoms with Gasteiger partial charge in [-0.25, -0.2) is 0 Å². The molecule has 1 atom stereocenters. The van der Waals surface area contributed by atoms with Crippen LogP contribution in [-0.2, 0) is 4.74 Å². The third kappa shape index (κ3) is 5.25. The van der Waals surface area contributed by atoms with Crippen LogP contribution in [0.1, 0.15) is 26.7 Å². The van der Waals surface area contributed by atoms with E-state index in [0.29, 0.717) is 18.6 Å². The smallest absolute Gasteiger partial charge is 0.0791 e. The molecule has 0 saturated carbocycles. The average Bonchev–Trinajstić information content (AvgIpc) is 2.27. The number of aliphatic hydroxyl groups is 1. The van der Waals surface area contributed by atoms with E-state index in [2.05, 4.69) is 31.1 Å². The van der Waals surface area contributed by atoms with Gasteiger partial charge < -0.3 is 20.1 Å². The van der Waals surface area contributed by atoms with Gasteiger partial charge in [0, 0.05) is 38.4 Å². The Bertz CT molecular complexity index is 182. The van der Waals surface area contributed by atoms with E-state index in [4.69, 9.17) is 4.74 Å². The average molecular weight is 230 g/mol. The van der Waals surface area contributed by atoms with Gasteiger partial charge in [-0.15, -0.1) is 0 Å². The van der Waals surface area contributed by atoms with Crippen LogP contribution in [0.3, 0.4) is 0 Å². The lowest BCUT2D eigenvalue weighted by Gasteiger charge is -2.32. The molecule has 1 fully saturated rings. The first-order valence-corrected chi connectivity index (χ1v) is 6.29. The molecule has 2 N–H and O–H groups in total. The Morgan fingerprint density at radius 3 is 2.56 bits per heavy atom. The van der Waals surface area contributed by atoms with Gasteiger partial charge >= 0.3 is 0 Å². The second-order valence-electron chi connectivity index (χ2n) is 5.00. The molecule has 1 heterocycles. The monoisotopic (exact) mass is 230 g/mol. The second-order valence-corrected chi connectivity index (χ2v) is 5.00. The first kappa shape index (κ1) is 13.9. The van der Waals surface area contributed by atoms with E-state index in [9.17, 15) is 5.11 Å². The van der Waals surface area contributed by atoms with E-state index in [1.165, 1.54) is 0 Å². The molecule has 0 radical (unpaired) electrons. The fraction of sp³-hybridized carbons (Fsp3) is 1.00. The molecule has 0 bridgehead atoms. The largest absolute Gasteiger partial charge is 0.390 e. The second kappa shape index (κ2) is 7.22. The Labute approximate surface area is 99.0 Å². The van der Waals surface area contributed by atoms with E-state index in [-0.39, 0.29) is 6.10 Å². The van der Waals surface area contributed by atoms with Crippen molar-refractivity contribution < 1.29 is 9.84 Å². The Kier molecular flexibility index (Phi) is 6.28. The van der Waals surface area contributed by atoms with Crippen LogP contribution in [-0.4, -0.2) is 61.5 Å². The zero-order valence-electron chi connectivity index (χ0n) is 10.8. The van der Waals surface area contributed by atoms with Crippen molar-refractivity contribution in [3.8, 4) is 0 Å². The summed E-state index contributed by atoms with van der Waals surface area (Å²) in [7, 11) is 2.09. The Hall–Kier alpha value is -0.160. The maximum absolute atomic E-state index is 9.86. The summed E-state index contributed by atoms with van der Waals surface area (Å²) in [5, 5.41) is 13.1. The van der Waals surface area contributed by atoms with Gasteiger partial charge in [0.2, 0.25) is 0 Å². The number of hydrogen-bond acceptors (Lipinski definition) is 4. The third-order valence-corrected chi connectivity index (χ3v) is 3.07. The van der Waals surface area contributed by atoms with Crippen LogP contribution in [0.5, 0.6) is 0 Å². The Morgan fingerprint density at radius 1 is 1.38 bits per heavy atom. The van der Waals surface area contributed by atoms with Gasteiger partial charge in [0.1, 0.15) is 0 Å². The molecule has 16 heavy (non-hydrogen) atoms. The number of rotatable bonds is 6. The fourth-order valence-corrected chi connectivity index (χ4v) is 2.04. The van der Waals surface area contributed by atoms with Crippen LogP contribution in [0, 0.1) is 0 Å². The minimum absolute atomic E-state index is 0.282. The first-order chi connectivity index (χ1) is 7.59. The number of ether oxygens (including phenoxy) is 1. The predicted molar refractivity (Wildman–Crippen MR) is 65.6 cm³/mol. The lowest BCUT2D eigenvalue weighted by Crippen LogP contribution is -2.44. The highest BCUT2D eigenvalue weighted by molar-refractivity contribution is 4.75. The molecule has 0 aromatic rings. The highest BCUT2D eigenvalue weighted by Gasteiger charge is 2.20. The van der Waals surface area contributed by atoms with E-state index in [1.807, 2.05) is 0 Å². The highest BCUT2D eigenvalue weighted by atomic mass is 16.5. The van der Waals surface area contributed by atoms with Crippen molar-refractivity contribution in [2.24, 2.45) is 0 Å². The lowest BCUT2D eigenvalue weighted by molar-refractivity contribution is 0.0254. The Morgan fingerprint density at radius 2 is 2.00 bits per heavy atom. The first-order valence-electron chi connectivity index (χ1n) is 6.29. The summed E-state index contributed by atoms with van der Waals surface area (Å²) in [5.74, 6) is 0. The molecule has 0 spiro atoms. The summed E-state index contributed by atoms with van der Waals surface area (Å²) >= 11 is 0. The minimum atomic E-state index is -0.282. The Balaban J connectivity index is 2.18. The maximum atomic E-state index is 9.86.